The SMILES string of the molecule is CNC(=O)c1cc(OC)c(OC)c(OC)c1-c1ccc(-c2cn3cccc(C)c3n2)cc1. The molecule has 1 amide bonds. The second kappa shape index (κ2) is 8.63. The Balaban J connectivity index is 1.85. The summed E-state index contributed by atoms with van der Waals surface area (Å²) in [6, 6.07) is 13.6. The summed E-state index contributed by atoms with van der Waals surface area (Å²) in [5.74, 6) is 1.03. The summed E-state index contributed by atoms with van der Waals surface area (Å²) in [6.07, 6.45) is 3.99. The molecule has 164 valence electrons. The normalized spacial score (nSPS) is 10.8. The lowest BCUT2D eigenvalue weighted by Gasteiger charge is -2.19. The van der Waals surface area contributed by atoms with Crippen molar-refractivity contribution in [2.75, 3.05) is 28.4 Å². The molecule has 2 aromatic heterocycles. The summed E-state index contributed by atoms with van der Waals surface area (Å²) >= 11 is 0. The Morgan fingerprint density at radius 2 is 1.66 bits per heavy atom. The third-order valence-electron chi connectivity index (χ3n) is 5.45. The first kappa shape index (κ1) is 21.2. The Labute approximate surface area is 186 Å². The van der Waals surface area contributed by atoms with Gasteiger partial charge in [-0.25, -0.2) is 4.98 Å². The number of aryl methyl sites for hydroxylation is 1. The van der Waals surface area contributed by atoms with Gasteiger partial charge in [0.2, 0.25) is 5.75 Å². The average molecular weight is 431 g/mol. The van der Waals surface area contributed by atoms with Crippen molar-refractivity contribution < 1.29 is 19.0 Å². The van der Waals surface area contributed by atoms with Gasteiger partial charge in [-0.2, -0.15) is 0 Å². The first-order chi connectivity index (χ1) is 15.5. The number of carbonyl (C=O) groups is 1. The zero-order valence-corrected chi connectivity index (χ0v) is 18.7. The minimum atomic E-state index is -0.251. The van der Waals surface area contributed by atoms with Crippen molar-refractivity contribution in [3.63, 3.8) is 0 Å². The first-order valence-corrected chi connectivity index (χ1v) is 10.1. The lowest BCUT2D eigenvalue weighted by molar-refractivity contribution is 0.0963. The van der Waals surface area contributed by atoms with E-state index < -0.39 is 0 Å². The molecule has 0 atom stereocenters. The van der Waals surface area contributed by atoms with Gasteiger partial charge in [-0.1, -0.05) is 30.3 Å². The molecule has 4 aromatic rings. The number of hydrogen-bond donors (Lipinski definition) is 1. The van der Waals surface area contributed by atoms with E-state index in [1.165, 1.54) is 14.2 Å². The number of nitrogens with zero attached hydrogens (tertiary/aromatic N) is 2. The van der Waals surface area contributed by atoms with Crippen LogP contribution < -0.4 is 19.5 Å². The minimum Gasteiger partial charge on any atom is -0.493 e. The quantitative estimate of drug-likeness (QED) is 0.491. The van der Waals surface area contributed by atoms with Crippen LogP contribution in [0, 0.1) is 6.92 Å². The number of amides is 1. The summed E-state index contributed by atoms with van der Waals surface area (Å²) in [4.78, 5) is 17.5. The fourth-order valence-corrected chi connectivity index (χ4v) is 3.86. The molecule has 0 spiro atoms. The Hall–Kier alpha value is -4.00. The molecule has 7 heteroatoms. The molecule has 32 heavy (non-hydrogen) atoms. The highest BCUT2D eigenvalue weighted by Gasteiger charge is 2.25. The van der Waals surface area contributed by atoms with Crippen LogP contribution >= 0.6 is 0 Å². The number of ether oxygens (including phenoxy) is 3. The van der Waals surface area contributed by atoms with Crippen LogP contribution in [0.5, 0.6) is 17.2 Å². The lowest BCUT2D eigenvalue weighted by Crippen LogP contribution is -2.19. The van der Waals surface area contributed by atoms with Gasteiger partial charge in [-0.3, -0.25) is 4.79 Å². The van der Waals surface area contributed by atoms with E-state index in [-0.39, 0.29) is 5.91 Å². The highest BCUT2D eigenvalue weighted by atomic mass is 16.5. The summed E-state index contributed by atoms with van der Waals surface area (Å²) < 4.78 is 18.6. The minimum absolute atomic E-state index is 0.251. The van der Waals surface area contributed by atoms with E-state index in [4.69, 9.17) is 19.2 Å². The Morgan fingerprint density at radius 1 is 0.969 bits per heavy atom. The monoisotopic (exact) mass is 431 g/mol. The first-order valence-electron chi connectivity index (χ1n) is 10.1. The van der Waals surface area contributed by atoms with Gasteiger partial charge in [0, 0.05) is 30.6 Å². The summed E-state index contributed by atoms with van der Waals surface area (Å²) in [7, 11) is 6.19. The fraction of sp³-hybridized carbons (Fsp3) is 0.200. The molecule has 0 fully saturated rings. The number of pyridine rings is 1. The topological polar surface area (TPSA) is 74.1 Å². The molecule has 4 rings (SSSR count). The van der Waals surface area contributed by atoms with E-state index in [2.05, 4.69) is 5.32 Å². The summed E-state index contributed by atoms with van der Waals surface area (Å²) in [5.41, 5.74) is 5.75. The van der Waals surface area contributed by atoms with Gasteiger partial charge >= 0.3 is 0 Å². The molecule has 0 aliphatic heterocycles. The number of aromatic nitrogens is 2. The van der Waals surface area contributed by atoms with E-state index >= 15 is 0 Å². The maximum absolute atomic E-state index is 12.7. The van der Waals surface area contributed by atoms with Crippen molar-refractivity contribution in [3.05, 3.63) is 66.0 Å². The van der Waals surface area contributed by atoms with Crippen LogP contribution in [0.15, 0.2) is 54.9 Å². The molecule has 0 saturated carbocycles. The van der Waals surface area contributed by atoms with Gasteiger partial charge < -0.3 is 23.9 Å². The van der Waals surface area contributed by atoms with Gasteiger partial charge in [0.1, 0.15) is 5.65 Å². The van der Waals surface area contributed by atoms with E-state index in [1.54, 1.807) is 20.2 Å². The van der Waals surface area contributed by atoms with Crippen molar-refractivity contribution in [2.24, 2.45) is 0 Å². The zero-order valence-electron chi connectivity index (χ0n) is 18.7. The van der Waals surface area contributed by atoms with Crippen LogP contribution in [0.25, 0.3) is 28.0 Å². The van der Waals surface area contributed by atoms with Gasteiger partial charge in [-0.15, -0.1) is 0 Å². The molecule has 2 aromatic carbocycles. The summed E-state index contributed by atoms with van der Waals surface area (Å²) in [6.45, 7) is 2.04. The molecule has 2 heterocycles. The maximum atomic E-state index is 12.7. The third-order valence-corrected chi connectivity index (χ3v) is 5.45. The molecule has 1 N–H and O–H groups in total. The van der Waals surface area contributed by atoms with E-state index in [9.17, 15) is 4.79 Å². The number of imidazole rings is 1. The number of carbonyl (C=O) groups excluding carboxylic acids is 1. The Morgan fingerprint density at radius 3 is 2.25 bits per heavy atom. The smallest absolute Gasteiger partial charge is 0.251 e. The van der Waals surface area contributed by atoms with Crippen LogP contribution in [0.4, 0.5) is 0 Å². The van der Waals surface area contributed by atoms with E-state index in [1.807, 2.05) is 60.1 Å². The summed E-state index contributed by atoms with van der Waals surface area (Å²) in [5, 5.41) is 2.69. The molecular formula is C25H25N3O4. The second-order valence-electron chi connectivity index (χ2n) is 7.27. The lowest BCUT2D eigenvalue weighted by atomic mass is 9.95. The molecule has 0 radical (unpaired) electrons. The molecular weight excluding hydrogens is 406 g/mol. The number of hydrogen-bond acceptors (Lipinski definition) is 5. The van der Waals surface area contributed by atoms with E-state index in [0.29, 0.717) is 28.4 Å². The Bertz CT molecular complexity index is 1290. The van der Waals surface area contributed by atoms with Crippen molar-refractivity contribution in [1.29, 1.82) is 0 Å². The van der Waals surface area contributed by atoms with Gasteiger partial charge in [-0.05, 0) is 30.2 Å². The highest BCUT2D eigenvalue weighted by molar-refractivity contribution is 6.04. The van der Waals surface area contributed by atoms with Crippen molar-refractivity contribution >= 4 is 11.6 Å². The number of fused-ring (bicyclic) bond motifs is 1. The predicted molar refractivity (Wildman–Crippen MR) is 124 cm³/mol. The molecule has 0 aliphatic rings. The number of methoxy groups -OCH3 is 3. The largest absolute Gasteiger partial charge is 0.493 e. The van der Waals surface area contributed by atoms with E-state index in [0.717, 1.165) is 28.0 Å². The average Bonchev–Trinajstić information content (AvgIpc) is 3.28. The van der Waals surface area contributed by atoms with Gasteiger partial charge in [0.25, 0.3) is 5.91 Å². The second-order valence-corrected chi connectivity index (χ2v) is 7.27. The van der Waals surface area contributed by atoms with Crippen molar-refractivity contribution in [3.8, 4) is 39.6 Å². The van der Waals surface area contributed by atoms with Crippen molar-refractivity contribution in [1.82, 2.24) is 14.7 Å². The van der Waals surface area contributed by atoms with Crippen LogP contribution in [0.1, 0.15) is 15.9 Å². The fourth-order valence-electron chi connectivity index (χ4n) is 3.86. The predicted octanol–water partition coefficient (Wildman–Crippen LogP) is 4.36. The van der Waals surface area contributed by atoms with Crippen LogP contribution in [0.2, 0.25) is 0 Å². The highest BCUT2D eigenvalue weighted by Crippen LogP contribution is 2.47. The van der Waals surface area contributed by atoms with Gasteiger partial charge in [0.15, 0.2) is 11.5 Å². The number of nitrogens with one attached hydrogen (secondary N) is 1. The zero-order chi connectivity index (χ0) is 22.8. The Kier molecular flexibility index (Phi) is 5.73. The molecule has 0 bridgehead atoms. The molecule has 0 unspecified atom stereocenters. The van der Waals surface area contributed by atoms with Crippen LogP contribution in [-0.2, 0) is 0 Å². The molecule has 0 saturated heterocycles. The number of rotatable bonds is 6. The van der Waals surface area contributed by atoms with Gasteiger partial charge in [0.05, 0.1) is 32.6 Å². The molecule has 7 nitrogen and oxygen atoms in total. The third kappa shape index (κ3) is 3.51. The number of benzene rings is 2. The maximum Gasteiger partial charge on any atom is 0.251 e. The van der Waals surface area contributed by atoms with Crippen molar-refractivity contribution in [2.45, 2.75) is 6.92 Å². The standard InChI is InChI=1S/C25H25N3O4/c1-15-7-6-12-28-14-19(27-24(15)28)16-8-10-17(11-9-16)21-18(25(29)26-2)13-20(30-3)22(31-4)23(21)32-5/h6-14H,1-5H3,(H,26,29). The van der Waals surface area contributed by atoms with Crippen LogP contribution in [-0.4, -0.2) is 43.7 Å². The van der Waals surface area contributed by atoms with Crippen LogP contribution in [0.3, 0.4) is 0 Å². The molecule has 0 aliphatic carbocycles.